The number of hydrogen-bond donors (Lipinski definition) is 2. The van der Waals surface area contributed by atoms with Crippen molar-refractivity contribution in [3.05, 3.63) is 0 Å². The van der Waals surface area contributed by atoms with Gasteiger partial charge in [0.25, 0.3) is 0 Å². The Hall–Kier alpha value is -1.06. The van der Waals surface area contributed by atoms with Gasteiger partial charge in [-0.3, -0.25) is 9.59 Å². The standard InChI is InChI=1S/C10H14O4/c11-9(12)8(10(13)14)7-4-5-1-2-6(7)3-5/h5-8H,1-4H2,(H,11,12)(H,13,14). The van der Waals surface area contributed by atoms with Crippen molar-refractivity contribution in [2.45, 2.75) is 25.7 Å². The van der Waals surface area contributed by atoms with Crippen molar-refractivity contribution >= 4 is 11.9 Å². The van der Waals surface area contributed by atoms with Gasteiger partial charge in [-0.25, -0.2) is 0 Å². The monoisotopic (exact) mass is 198 g/mol. The summed E-state index contributed by atoms with van der Waals surface area (Å²) >= 11 is 0. The molecule has 14 heavy (non-hydrogen) atoms. The summed E-state index contributed by atoms with van der Waals surface area (Å²) in [6.45, 7) is 0. The Kier molecular flexibility index (Phi) is 2.21. The summed E-state index contributed by atoms with van der Waals surface area (Å²) in [6.07, 6.45) is 4.02. The highest BCUT2D eigenvalue weighted by Gasteiger charge is 2.48. The Morgan fingerprint density at radius 3 is 2.07 bits per heavy atom. The van der Waals surface area contributed by atoms with Crippen molar-refractivity contribution in [2.24, 2.45) is 23.7 Å². The van der Waals surface area contributed by atoms with Crippen molar-refractivity contribution in [3.63, 3.8) is 0 Å². The van der Waals surface area contributed by atoms with Gasteiger partial charge >= 0.3 is 11.9 Å². The summed E-state index contributed by atoms with van der Waals surface area (Å²) < 4.78 is 0. The fourth-order valence-corrected chi connectivity index (χ4v) is 3.17. The van der Waals surface area contributed by atoms with Crippen molar-refractivity contribution in [2.75, 3.05) is 0 Å². The summed E-state index contributed by atoms with van der Waals surface area (Å²) in [5.41, 5.74) is 0. The Balaban J connectivity index is 2.13. The van der Waals surface area contributed by atoms with E-state index in [1.807, 2.05) is 0 Å². The molecule has 0 radical (unpaired) electrons. The third-order valence-electron chi connectivity index (χ3n) is 3.75. The molecular formula is C10H14O4. The molecule has 4 nitrogen and oxygen atoms in total. The molecule has 4 heteroatoms. The summed E-state index contributed by atoms with van der Waals surface area (Å²) in [5, 5.41) is 17.7. The largest absolute Gasteiger partial charge is 0.481 e. The second-order valence-electron chi connectivity index (χ2n) is 4.49. The second-order valence-corrected chi connectivity index (χ2v) is 4.49. The molecule has 2 saturated carbocycles. The second kappa shape index (κ2) is 3.26. The summed E-state index contributed by atoms with van der Waals surface area (Å²) in [4.78, 5) is 21.6. The molecule has 0 saturated heterocycles. The summed E-state index contributed by atoms with van der Waals surface area (Å²) in [7, 11) is 0. The minimum absolute atomic E-state index is 0.122. The van der Waals surface area contributed by atoms with Gasteiger partial charge in [0.2, 0.25) is 0 Å². The van der Waals surface area contributed by atoms with E-state index in [4.69, 9.17) is 10.2 Å². The molecular weight excluding hydrogens is 184 g/mol. The van der Waals surface area contributed by atoms with Crippen LogP contribution in [-0.4, -0.2) is 22.2 Å². The number of carboxylic acids is 2. The van der Waals surface area contributed by atoms with Gasteiger partial charge in [0.05, 0.1) is 0 Å². The third kappa shape index (κ3) is 1.38. The molecule has 2 N–H and O–H groups in total. The number of rotatable bonds is 3. The molecule has 0 heterocycles. The van der Waals surface area contributed by atoms with E-state index in [9.17, 15) is 9.59 Å². The Bertz CT molecular complexity index is 259. The minimum atomic E-state index is -1.18. The molecule has 2 aliphatic carbocycles. The number of fused-ring (bicyclic) bond motifs is 2. The zero-order valence-corrected chi connectivity index (χ0v) is 7.85. The van der Waals surface area contributed by atoms with Gasteiger partial charge in [-0.2, -0.15) is 0 Å². The lowest BCUT2D eigenvalue weighted by Gasteiger charge is -2.24. The van der Waals surface area contributed by atoms with Crippen LogP contribution in [0.5, 0.6) is 0 Å². The van der Waals surface area contributed by atoms with E-state index in [0.717, 1.165) is 25.7 Å². The van der Waals surface area contributed by atoms with E-state index in [1.165, 1.54) is 0 Å². The molecule has 2 aliphatic rings. The van der Waals surface area contributed by atoms with Gasteiger partial charge < -0.3 is 10.2 Å². The maximum atomic E-state index is 10.8. The van der Waals surface area contributed by atoms with Crippen molar-refractivity contribution in [1.29, 1.82) is 0 Å². The predicted molar refractivity (Wildman–Crippen MR) is 47.7 cm³/mol. The Morgan fingerprint density at radius 1 is 1.07 bits per heavy atom. The topological polar surface area (TPSA) is 74.6 Å². The lowest BCUT2D eigenvalue weighted by Crippen LogP contribution is -2.34. The first kappa shape index (κ1) is 9.49. The quantitative estimate of drug-likeness (QED) is 0.668. The van der Waals surface area contributed by atoms with Gasteiger partial charge in [0.1, 0.15) is 0 Å². The highest BCUT2D eigenvalue weighted by atomic mass is 16.4. The van der Waals surface area contributed by atoms with Crippen LogP contribution >= 0.6 is 0 Å². The van der Waals surface area contributed by atoms with Crippen LogP contribution in [0.15, 0.2) is 0 Å². The first-order valence-corrected chi connectivity index (χ1v) is 5.05. The zero-order chi connectivity index (χ0) is 10.3. The normalized spacial score (nSPS) is 35.1. The highest BCUT2D eigenvalue weighted by molar-refractivity contribution is 5.93. The van der Waals surface area contributed by atoms with Crippen LogP contribution in [-0.2, 0) is 9.59 Å². The van der Waals surface area contributed by atoms with Crippen LogP contribution in [0.25, 0.3) is 0 Å². The molecule has 0 aromatic rings. The lowest BCUT2D eigenvalue weighted by atomic mass is 9.79. The molecule has 2 fully saturated rings. The van der Waals surface area contributed by atoms with Crippen molar-refractivity contribution in [1.82, 2.24) is 0 Å². The number of hydrogen-bond acceptors (Lipinski definition) is 2. The highest BCUT2D eigenvalue weighted by Crippen LogP contribution is 2.51. The Labute approximate surface area is 81.9 Å². The maximum absolute atomic E-state index is 10.8. The third-order valence-corrected chi connectivity index (χ3v) is 3.75. The molecule has 0 spiro atoms. The van der Waals surface area contributed by atoms with Crippen LogP contribution in [0, 0.1) is 23.7 Å². The van der Waals surface area contributed by atoms with Crippen molar-refractivity contribution in [3.8, 4) is 0 Å². The van der Waals surface area contributed by atoms with Crippen LogP contribution in [0.1, 0.15) is 25.7 Å². The van der Waals surface area contributed by atoms with E-state index in [-0.39, 0.29) is 5.92 Å². The van der Waals surface area contributed by atoms with E-state index in [1.54, 1.807) is 0 Å². The molecule has 2 bridgehead atoms. The fourth-order valence-electron chi connectivity index (χ4n) is 3.17. The average molecular weight is 198 g/mol. The molecule has 0 aromatic carbocycles. The maximum Gasteiger partial charge on any atom is 0.318 e. The van der Waals surface area contributed by atoms with Crippen LogP contribution in [0.2, 0.25) is 0 Å². The summed E-state index contributed by atoms with van der Waals surface area (Å²) in [5.74, 6) is -2.71. The SMILES string of the molecule is O=C(O)C(C(=O)O)C1CC2CCC1C2. The van der Waals surface area contributed by atoms with Gasteiger partial charge in [-0.15, -0.1) is 0 Å². The van der Waals surface area contributed by atoms with Gasteiger partial charge in [0, 0.05) is 0 Å². The Morgan fingerprint density at radius 2 is 1.71 bits per heavy atom. The van der Waals surface area contributed by atoms with E-state index in [0.29, 0.717) is 11.8 Å². The van der Waals surface area contributed by atoms with Gasteiger partial charge in [-0.05, 0) is 37.0 Å². The van der Waals surface area contributed by atoms with Crippen LogP contribution in [0.4, 0.5) is 0 Å². The molecule has 0 aliphatic heterocycles. The zero-order valence-electron chi connectivity index (χ0n) is 7.85. The molecule has 3 unspecified atom stereocenters. The number of aliphatic carboxylic acids is 2. The first-order valence-electron chi connectivity index (χ1n) is 5.05. The lowest BCUT2D eigenvalue weighted by molar-refractivity contribution is -0.158. The molecule has 0 amide bonds. The van der Waals surface area contributed by atoms with Gasteiger partial charge in [0.15, 0.2) is 5.92 Å². The number of carbonyl (C=O) groups is 2. The molecule has 2 rings (SSSR count). The predicted octanol–water partition coefficient (Wildman–Crippen LogP) is 1.21. The molecule has 3 atom stereocenters. The first-order chi connectivity index (χ1) is 6.59. The van der Waals surface area contributed by atoms with E-state index >= 15 is 0 Å². The summed E-state index contributed by atoms with van der Waals surface area (Å²) in [6, 6.07) is 0. The molecule has 0 aromatic heterocycles. The minimum Gasteiger partial charge on any atom is -0.481 e. The van der Waals surface area contributed by atoms with E-state index in [2.05, 4.69) is 0 Å². The van der Waals surface area contributed by atoms with E-state index < -0.39 is 17.9 Å². The fraction of sp³-hybridized carbons (Fsp3) is 0.800. The van der Waals surface area contributed by atoms with Crippen LogP contribution < -0.4 is 0 Å². The average Bonchev–Trinajstić information content (AvgIpc) is 2.63. The smallest absolute Gasteiger partial charge is 0.318 e. The van der Waals surface area contributed by atoms with Crippen molar-refractivity contribution < 1.29 is 19.8 Å². The van der Waals surface area contributed by atoms with Crippen LogP contribution in [0.3, 0.4) is 0 Å². The van der Waals surface area contributed by atoms with Gasteiger partial charge in [-0.1, -0.05) is 6.42 Å². The molecule has 78 valence electrons. The number of carboxylic acid groups (broad SMARTS) is 2.